The number of carbonyl (C=O) groups is 1. The molecule has 0 bridgehead atoms. The first kappa shape index (κ1) is 17.0. The minimum Gasteiger partial charge on any atom is -0.372 e. The van der Waals surface area contributed by atoms with Crippen molar-refractivity contribution < 1.29 is 9.53 Å². The first-order valence-electron chi connectivity index (χ1n) is 7.08. The molecule has 1 unspecified atom stereocenters. The molecule has 5 heteroatoms. The van der Waals surface area contributed by atoms with Crippen LogP contribution in [0, 0.1) is 11.3 Å². The molecule has 1 atom stereocenters. The van der Waals surface area contributed by atoms with E-state index in [1.54, 1.807) is 37.4 Å². The number of nitriles is 1. The molecule has 0 spiro atoms. The highest BCUT2D eigenvalue weighted by molar-refractivity contribution is 6.30. The van der Waals surface area contributed by atoms with Gasteiger partial charge >= 0.3 is 0 Å². The molecule has 2 aromatic carbocycles. The summed E-state index contributed by atoms with van der Waals surface area (Å²) in [7, 11) is 1.59. The van der Waals surface area contributed by atoms with Gasteiger partial charge in [-0.15, -0.1) is 0 Å². The highest BCUT2D eigenvalue weighted by atomic mass is 35.5. The molecule has 0 aliphatic rings. The van der Waals surface area contributed by atoms with Crippen LogP contribution < -0.4 is 5.32 Å². The Kier molecular flexibility index (Phi) is 5.38. The Morgan fingerprint density at radius 2 is 2.00 bits per heavy atom. The Balaban J connectivity index is 2.10. The van der Waals surface area contributed by atoms with Crippen LogP contribution in [0.15, 0.2) is 48.5 Å². The number of hydrogen-bond acceptors (Lipinski definition) is 3. The average molecular weight is 329 g/mol. The lowest BCUT2D eigenvalue weighted by Gasteiger charge is -2.29. The van der Waals surface area contributed by atoms with Gasteiger partial charge in [0.05, 0.1) is 18.2 Å². The Hall–Kier alpha value is -2.35. The van der Waals surface area contributed by atoms with Crippen LogP contribution in [-0.2, 0) is 10.3 Å². The third kappa shape index (κ3) is 4.10. The van der Waals surface area contributed by atoms with E-state index in [0.717, 1.165) is 5.56 Å². The zero-order valence-corrected chi connectivity index (χ0v) is 13.7. The molecule has 4 nitrogen and oxygen atoms in total. The van der Waals surface area contributed by atoms with Gasteiger partial charge in [0.15, 0.2) is 0 Å². The maximum absolute atomic E-state index is 12.2. The van der Waals surface area contributed by atoms with Crippen molar-refractivity contribution in [3.05, 3.63) is 70.2 Å². The van der Waals surface area contributed by atoms with Gasteiger partial charge < -0.3 is 10.1 Å². The molecule has 0 aliphatic heterocycles. The number of nitrogens with zero attached hydrogens (tertiary/aromatic N) is 1. The lowest BCUT2D eigenvalue weighted by atomic mass is 9.95. The van der Waals surface area contributed by atoms with E-state index in [2.05, 4.69) is 5.32 Å². The summed E-state index contributed by atoms with van der Waals surface area (Å²) in [5.41, 5.74) is 1.20. The van der Waals surface area contributed by atoms with Crippen molar-refractivity contribution in [3.8, 4) is 6.07 Å². The normalized spacial score (nSPS) is 13.0. The van der Waals surface area contributed by atoms with Gasteiger partial charge in [-0.05, 0) is 48.9 Å². The zero-order valence-electron chi connectivity index (χ0n) is 13.0. The summed E-state index contributed by atoms with van der Waals surface area (Å²) in [5.74, 6) is -0.222. The van der Waals surface area contributed by atoms with Gasteiger partial charge in [-0.1, -0.05) is 23.7 Å². The molecular weight excluding hydrogens is 312 g/mol. The van der Waals surface area contributed by atoms with Crippen LogP contribution in [0.1, 0.15) is 28.4 Å². The van der Waals surface area contributed by atoms with E-state index < -0.39 is 5.60 Å². The highest BCUT2D eigenvalue weighted by Gasteiger charge is 2.27. The first-order valence-corrected chi connectivity index (χ1v) is 7.46. The third-order valence-corrected chi connectivity index (χ3v) is 3.98. The quantitative estimate of drug-likeness (QED) is 0.913. The summed E-state index contributed by atoms with van der Waals surface area (Å²) in [6.45, 7) is 2.18. The maximum Gasteiger partial charge on any atom is 0.251 e. The predicted octanol–water partition coefficient (Wildman–Crippen LogP) is 3.50. The Labute approximate surface area is 140 Å². The smallest absolute Gasteiger partial charge is 0.251 e. The Morgan fingerprint density at radius 3 is 2.57 bits per heavy atom. The molecule has 2 aromatic rings. The molecular formula is C18H17ClN2O2. The predicted molar refractivity (Wildman–Crippen MR) is 89.3 cm³/mol. The van der Waals surface area contributed by atoms with E-state index >= 15 is 0 Å². The molecule has 1 amide bonds. The van der Waals surface area contributed by atoms with Crippen molar-refractivity contribution in [1.29, 1.82) is 5.26 Å². The maximum atomic E-state index is 12.2. The van der Waals surface area contributed by atoms with E-state index in [4.69, 9.17) is 21.6 Å². The van der Waals surface area contributed by atoms with Crippen molar-refractivity contribution in [2.75, 3.05) is 13.7 Å². The Morgan fingerprint density at radius 1 is 1.30 bits per heavy atom. The van der Waals surface area contributed by atoms with Crippen LogP contribution in [-0.4, -0.2) is 19.6 Å². The van der Waals surface area contributed by atoms with Crippen molar-refractivity contribution in [3.63, 3.8) is 0 Å². The van der Waals surface area contributed by atoms with E-state index in [1.165, 1.54) is 0 Å². The van der Waals surface area contributed by atoms with Crippen LogP contribution in [0.3, 0.4) is 0 Å². The van der Waals surface area contributed by atoms with Crippen molar-refractivity contribution in [2.45, 2.75) is 12.5 Å². The molecule has 0 radical (unpaired) electrons. The van der Waals surface area contributed by atoms with Gasteiger partial charge in [-0.3, -0.25) is 4.79 Å². The number of halogens is 1. The van der Waals surface area contributed by atoms with Gasteiger partial charge in [-0.25, -0.2) is 0 Å². The minimum absolute atomic E-state index is 0.222. The highest BCUT2D eigenvalue weighted by Crippen LogP contribution is 2.26. The molecule has 0 aromatic heterocycles. The van der Waals surface area contributed by atoms with Gasteiger partial charge in [-0.2, -0.15) is 5.26 Å². The SMILES string of the molecule is COC(C)(CNC(=O)c1ccc(C#N)cc1)c1cccc(Cl)c1. The van der Waals surface area contributed by atoms with Crippen molar-refractivity contribution in [2.24, 2.45) is 0 Å². The van der Waals surface area contributed by atoms with E-state index in [9.17, 15) is 4.79 Å². The lowest BCUT2D eigenvalue weighted by molar-refractivity contribution is 0.00315. The summed E-state index contributed by atoms with van der Waals surface area (Å²) >= 11 is 6.03. The molecule has 0 saturated carbocycles. The number of benzene rings is 2. The largest absolute Gasteiger partial charge is 0.372 e. The molecule has 0 fully saturated rings. The number of amides is 1. The average Bonchev–Trinajstić information content (AvgIpc) is 2.59. The molecule has 0 saturated heterocycles. The van der Waals surface area contributed by atoms with Crippen LogP contribution in [0.25, 0.3) is 0 Å². The van der Waals surface area contributed by atoms with Crippen molar-refractivity contribution >= 4 is 17.5 Å². The number of hydrogen-bond donors (Lipinski definition) is 1. The van der Waals surface area contributed by atoms with Crippen LogP contribution in [0.2, 0.25) is 5.02 Å². The second-order valence-corrected chi connectivity index (χ2v) is 5.75. The van der Waals surface area contributed by atoms with Gasteiger partial charge in [0.2, 0.25) is 0 Å². The number of ether oxygens (including phenoxy) is 1. The fourth-order valence-corrected chi connectivity index (χ4v) is 2.35. The fraction of sp³-hybridized carbons (Fsp3) is 0.222. The number of methoxy groups -OCH3 is 1. The Bertz CT molecular complexity index is 737. The van der Waals surface area contributed by atoms with E-state index in [0.29, 0.717) is 22.7 Å². The minimum atomic E-state index is -0.687. The summed E-state index contributed by atoms with van der Waals surface area (Å²) in [6, 6.07) is 15.8. The zero-order chi connectivity index (χ0) is 16.9. The number of carbonyl (C=O) groups excluding carboxylic acids is 1. The third-order valence-electron chi connectivity index (χ3n) is 3.75. The topological polar surface area (TPSA) is 62.1 Å². The van der Waals surface area contributed by atoms with E-state index in [1.807, 2.05) is 31.2 Å². The molecule has 0 heterocycles. The summed E-state index contributed by atoms with van der Waals surface area (Å²) < 4.78 is 5.59. The summed E-state index contributed by atoms with van der Waals surface area (Å²) in [5, 5.41) is 12.3. The number of rotatable bonds is 5. The fourth-order valence-electron chi connectivity index (χ4n) is 2.16. The molecule has 2 rings (SSSR count). The lowest BCUT2D eigenvalue weighted by Crippen LogP contribution is -2.40. The van der Waals surface area contributed by atoms with Crippen molar-refractivity contribution in [1.82, 2.24) is 5.32 Å². The number of nitrogens with one attached hydrogen (secondary N) is 1. The van der Waals surface area contributed by atoms with Gasteiger partial charge in [0, 0.05) is 17.7 Å². The van der Waals surface area contributed by atoms with E-state index in [-0.39, 0.29) is 5.91 Å². The molecule has 0 aliphatic carbocycles. The summed E-state index contributed by atoms with van der Waals surface area (Å²) in [4.78, 5) is 12.2. The first-order chi connectivity index (χ1) is 11.0. The summed E-state index contributed by atoms with van der Waals surface area (Å²) in [6.07, 6.45) is 0. The monoisotopic (exact) mass is 328 g/mol. The van der Waals surface area contributed by atoms with Crippen LogP contribution in [0.4, 0.5) is 0 Å². The second kappa shape index (κ2) is 7.28. The second-order valence-electron chi connectivity index (χ2n) is 5.32. The molecule has 1 N–H and O–H groups in total. The standard InChI is InChI=1S/C18H17ClN2O2/c1-18(23-2,15-4-3-5-16(19)10-15)12-21-17(22)14-8-6-13(11-20)7-9-14/h3-10H,12H2,1-2H3,(H,21,22). The molecule has 118 valence electrons. The van der Waals surface area contributed by atoms with Gasteiger partial charge in [0.25, 0.3) is 5.91 Å². The van der Waals surface area contributed by atoms with Gasteiger partial charge in [0.1, 0.15) is 5.60 Å². The van der Waals surface area contributed by atoms with Crippen LogP contribution in [0.5, 0.6) is 0 Å². The van der Waals surface area contributed by atoms with Crippen LogP contribution >= 0.6 is 11.6 Å². The molecule has 23 heavy (non-hydrogen) atoms.